The molecule has 1 aromatic carbocycles. The Bertz CT molecular complexity index is 504. The highest BCUT2D eigenvalue weighted by Gasteiger charge is 2.22. The standard InChI is InChI=1S/C15H20BrFN2O2.ClH/c1-18-12-3-2-7-19(10-12)15(20)6-8-21-14-5-4-11(16)9-13(14)17;/h4-5,9,12,18H,2-3,6-8,10H2,1H3;1H. The van der Waals surface area contributed by atoms with Crippen molar-refractivity contribution in [2.24, 2.45) is 0 Å². The van der Waals surface area contributed by atoms with Gasteiger partial charge >= 0.3 is 0 Å². The summed E-state index contributed by atoms with van der Waals surface area (Å²) in [6, 6.07) is 4.98. The van der Waals surface area contributed by atoms with Crippen molar-refractivity contribution >= 4 is 34.2 Å². The molecule has 0 radical (unpaired) electrons. The fourth-order valence-corrected chi connectivity index (χ4v) is 2.77. The summed E-state index contributed by atoms with van der Waals surface area (Å²) in [5.41, 5.74) is 0. The summed E-state index contributed by atoms with van der Waals surface area (Å²) in [4.78, 5) is 14.0. The molecule has 2 rings (SSSR count). The minimum atomic E-state index is -0.426. The highest BCUT2D eigenvalue weighted by atomic mass is 79.9. The molecule has 1 fully saturated rings. The molecule has 1 atom stereocenters. The number of halogens is 3. The van der Waals surface area contributed by atoms with Crippen LogP contribution in [0.15, 0.2) is 22.7 Å². The van der Waals surface area contributed by atoms with Crippen molar-refractivity contribution in [3.63, 3.8) is 0 Å². The number of hydrogen-bond acceptors (Lipinski definition) is 3. The van der Waals surface area contributed by atoms with Crippen molar-refractivity contribution in [3.05, 3.63) is 28.5 Å². The van der Waals surface area contributed by atoms with Gasteiger partial charge in [0.1, 0.15) is 0 Å². The normalized spacial score (nSPS) is 17.8. The van der Waals surface area contributed by atoms with Gasteiger partial charge in [-0.2, -0.15) is 0 Å². The first-order valence-electron chi connectivity index (χ1n) is 7.13. The quantitative estimate of drug-likeness (QED) is 0.833. The lowest BCUT2D eigenvalue weighted by molar-refractivity contribution is -0.133. The maximum atomic E-state index is 13.6. The van der Waals surface area contributed by atoms with Crippen LogP contribution in [0.1, 0.15) is 19.3 Å². The van der Waals surface area contributed by atoms with Crippen molar-refractivity contribution in [2.45, 2.75) is 25.3 Å². The number of amides is 1. The molecule has 1 aliphatic heterocycles. The smallest absolute Gasteiger partial charge is 0.226 e. The molecule has 0 aromatic heterocycles. The summed E-state index contributed by atoms with van der Waals surface area (Å²) in [6.07, 6.45) is 2.38. The van der Waals surface area contributed by atoms with Gasteiger partial charge in [-0.05, 0) is 38.1 Å². The van der Waals surface area contributed by atoms with E-state index in [4.69, 9.17) is 4.74 Å². The Morgan fingerprint density at radius 3 is 3.00 bits per heavy atom. The summed E-state index contributed by atoms with van der Waals surface area (Å²) in [7, 11) is 1.91. The lowest BCUT2D eigenvalue weighted by Crippen LogP contribution is -2.47. The monoisotopic (exact) mass is 394 g/mol. The molecule has 22 heavy (non-hydrogen) atoms. The van der Waals surface area contributed by atoms with E-state index in [-0.39, 0.29) is 37.1 Å². The largest absolute Gasteiger partial charge is 0.490 e. The maximum absolute atomic E-state index is 13.6. The van der Waals surface area contributed by atoms with E-state index in [1.165, 1.54) is 6.07 Å². The van der Waals surface area contributed by atoms with Crippen LogP contribution in [0.4, 0.5) is 4.39 Å². The third-order valence-corrected chi connectivity index (χ3v) is 4.14. The van der Waals surface area contributed by atoms with Crippen LogP contribution in [0.5, 0.6) is 5.75 Å². The highest BCUT2D eigenvalue weighted by Crippen LogP contribution is 2.21. The number of hydrogen-bond donors (Lipinski definition) is 1. The first-order valence-corrected chi connectivity index (χ1v) is 7.92. The predicted molar refractivity (Wildman–Crippen MR) is 90.1 cm³/mol. The Labute approximate surface area is 144 Å². The second kappa shape index (κ2) is 9.33. The van der Waals surface area contributed by atoms with Crippen molar-refractivity contribution in [2.75, 3.05) is 26.7 Å². The van der Waals surface area contributed by atoms with E-state index >= 15 is 0 Å². The topological polar surface area (TPSA) is 41.6 Å². The first kappa shape index (κ1) is 19.2. The van der Waals surface area contributed by atoms with Crippen molar-refractivity contribution in [3.8, 4) is 5.75 Å². The van der Waals surface area contributed by atoms with Crippen LogP contribution in [0.2, 0.25) is 0 Å². The lowest BCUT2D eigenvalue weighted by atomic mass is 10.1. The number of nitrogens with one attached hydrogen (secondary N) is 1. The number of likely N-dealkylation sites (N-methyl/N-ethyl adjacent to an activating group) is 1. The number of ether oxygens (including phenoxy) is 1. The minimum Gasteiger partial charge on any atom is -0.490 e. The van der Waals surface area contributed by atoms with E-state index < -0.39 is 5.82 Å². The van der Waals surface area contributed by atoms with Gasteiger partial charge in [0.25, 0.3) is 0 Å². The van der Waals surface area contributed by atoms with Crippen LogP contribution < -0.4 is 10.1 Å². The Hall–Kier alpha value is -0.850. The van der Waals surface area contributed by atoms with E-state index in [1.807, 2.05) is 11.9 Å². The fourth-order valence-electron chi connectivity index (χ4n) is 2.44. The number of rotatable bonds is 5. The molecule has 4 nitrogen and oxygen atoms in total. The van der Waals surface area contributed by atoms with Gasteiger partial charge in [-0.1, -0.05) is 15.9 Å². The number of piperidine rings is 1. The highest BCUT2D eigenvalue weighted by molar-refractivity contribution is 9.10. The first-order chi connectivity index (χ1) is 10.1. The Morgan fingerprint density at radius 1 is 1.55 bits per heavy atom. The predicted octanol–water partition coefficient (Wildman–Crippen LogP) is 2.99. The molecule has 1 N–H and O–H groups in total. The molecule has 1 amide bonds. The molecule has 0 bridgehead atoms. The molecular weight excluding hydrogens is 375 g/mol. The Balaban J connectivity index is 0.00000242. The van der Waals surface area contributed by atoms with Gasteiger partial charge in [0.15, 0.2) is 11.6 Å². The SMILES string of the molecule is CNC1CCCN(C(=O)CCOc2ccc(Br)cc2F)C1.Cl. The molecule has 1 aliphatic rings. The number of benzene rings is 1. The Morgan fingerprint density at radius 2 is 2.32 bits per heavy atom. The lowest BCUT2D eigenvalue weighted by Gasteiger charge is -2.32. The van der Waals surface area contributed by atoms with Crippen LogP contribution >= 0.6 is 28.3 Å². The fraction of sp³-hybridized carbons (Fsp3) is 0.533. The van der Waals surface area contributed by atoms with Crippen LogP contribution in [0, 0.1) is 5.82 Å². The summed E-state index contributed by atoms with van der Waals surface area (Å²) in [6.45, 7) is 1.73. The number of likely N-dealkylation sites (tertiary alicyclic amines) is 1. The van der Waals surface area contributed by atoms with Gasteiger partial charge in [0.2, 0.25) is 5.91 Å². The Kier molecular flexibility index (Phi) is 8.14. The third kappa shape index (κ3) is 5.41. The van der Waals surface area contributed by atoms with Crippen LogP contribution in [0.3, 0.4) is 0 Å². The average molecular weight is 396 g/mol. The van der Waals surface area contributed by atoms with Crippen molar-refractivity contribution in [1.82, 2.24) is 10.2 Å². The summed E-state index contributed by atoms with van der Waals surface area (Å²) in [5, 5.41) is 3.20. The van der Waals surface area contributed by atoms with Crippen LogP contribution in [-0.2, 0) is 4.79 Å². The van der Waals surface area contributed by atoms with Crippen molar-refractivity contribution in [1.29, 1.82) is 0 Å². The number of nitrogens with zero attached hydrogens (tertiary/aromatic N) is 1. The molecule has 1 unspecified atom stereocenters. The third-order valence-electron chi connectivity index (χ3n) is 3.65. The molecule has 1 aromatic rings. The van der Waals surface area contributed by atoms with Gasteiger partial charge in [-0.25, -0.2) is 4.39 Å². The number of carbonyl (C=O) groups excluding carboxylic acids is 1. The van der Waals surface area contributed by atoms with E-state index in [0.29, 0.717) is 10.5 Å². The van der Waals surface area contributed by atoms with Gasteiger partial charge in [0, 0.05) is 23.6 Å². The zero-order chi connectivity index (χ0) is 15.2. The van der Waals surface area contributed by atoms with E-state index in [0.717, 1.165) is 25.9 Å². The summed E-state index contributed by atoms with van der Waals surface area (Å²) < 4.78 is 19.6. The van der Waals surface area contributed by atoms with Gasteiger partial charge in [-0.15, -0.1) is 12.4 Å². The molecule has 1 saturated heterocycles. The summed E-state index contributed by atoms with van der Waals surface area (Å²) >= 11 is 3.19. The number of carbonyl (C=O) groups is 1. The van der Waals surface area contributed by atoms with Gasteiger partial charge in [0.05, 0.1) is 13.0 Å². The average Bonchev–Trinajstić information content (AvgIpc) is 2.49. The minimum absolute atomic E-state index is 0. The zero-order valence-electron chi connectivity index (χ0n) is 12.5. The second-order valence-electron chi connectivity index (χ2n) is 5.14. The molecule has 124 valence electrons. The summed E-state index contributed by atoms with van der Waals surface area (Å²) in [5.74, 6) is -0.185. The van der Waals surface area contributed by atoms with E-state index in [1.54, 1.807) is 12.1 Å². The van der Waals surface area contributed by atoms with E-state index in [2.05, 4.69) is 21.2 Å². The second-order valence-corrected chi connectivity index (χ2v) is 6.06. The molecule has 0 aliphatic carbocycles. The van der Waals surface area contributed by atoms with Crippen LogP contribution in [-0.4, -0.2) is 43.6 Å². The molecule has 7 heteroatoms. The van der Waals surface area contributed by atoms with E-state index in [9.17, 15) is 9.18 Å². The maximum Gasteiger partial charge on any atom is 0.226 e. The molecule has 0 spiro atoms. The van der Waals surface area contributed by atoms with Gasteiger partial charge < -0.3 is 15.0 Å². The molecule has 1 heterocycles. The molecule has 0 saturated carbocycles. The van der Waals surface area contributed by atoms with Crippen molar-refractivity contribution < 1.29 is 13.9 Å². The molecular formula is C15H21BrClFN2O2. The van der Waals surface area contributed by atoms with Gasteiger partial charge in [-0.3, -0.25) is 4.79 Å². The van der Waals surface area contributed by atoms with Crippen LogP contribution in [0.25, 0.3) is 0 Å². The zero-order valence-corrected chi connectivity index (χ0v) is 14.9.